The van der Waals surface area contributed by atoms with Crippen LogP contribution >= 0.6 is 0 Å². The fourth-order valence-electron chi connectivity index (χ4n) is 2.18. The Morgan fingerprint density at radius 3 is 2.71 bits per heavy atom. The SMILES string of the molecule is CNC(=O)C1CNCCN1CC(=O)NC(C)(C#N)C(C)C. The molecule has 2 atom stereocenters. The highest BCUT2D eigenvalue weighted by Gasteiger charge is 2.33. The Labute approximate surface area is 126 Å². The van der Waals surface area contributed by atoms with E-state index in [9.17, 15) is 14.9 Å². The third kappa shape index (κ3) is 4.41. The molecule has 7 heteroatoms. The predicted molar refractivity (Wildman–Crippen MR) is 79.3 cm³/mol. The molecule has 1 fully saturated rings. The van der Waals surface area contributed by atoms with Gasteiger partial charge in [-0.2, -0.15) is 5.26 Å². The smallest absolute Gasteiger partial charge is 0.238 e. The van der Waals surface area contributed by atoms with Crippen LogP contribution in [-0.4, -0.2) is 61.5 Å². The highest BCUT2D eigenvalue weighted by atomic mass is 16.2. The molecule has 2 amide bonds. The molecule has 3 N–H and O–H groups in total. The van der Waals surface area contributed by atoms with Crippen LogP contribution < -0.4 is 16.0 Å². The second-order valence-electron chi connectivity index (χ2n) is 5.82. The molecule has 1 rings (SSSR count). The van der Waals surface area contributed by atoms with E-state index in [1.165, 1.54) is 0 Å². The average molecular weight is 295 g/mol. The molecular formula is C14H25N5O2. The number of hydrogen-bond acceptors (Lipinski definition) is 5. The number of nitrogens with zero attached hydrogens (tertiary/aromatic N) is 2. The molecule has 21 heavy (non-hydrogen) atoms. The molecule has 0 aromatic carbocycles. The number of rotatable bonds is 5. The highest BCUT2D eigenvalue weighted by molar-refractivity contribution is 5.84. The first-order chi connectivity index (χ1) is 9.84. The van der Waals surface area contributed by atoms with Crippen LogP contribution in [-0.2, 0) is 9.59 Å². The molecular weight excluding hydrogens is 270 g/mol. The Bertz CT molecular complexity index is 432. The van der Waals surface area contributed by atoms with E-state index in [4.69, 9.17) is 0 Å². The molecule has 1 aliphatic rings. The second kappa shape index (κ2) is 7.38. The van der Waals surface area contributed by atoms with Gasteiger partial charge in [0.1, 0.15) is 11.6 Å². The van der Waals surface area contributed by atoms with Gasteiger partial charge in [0.25, 0.3) is 0 Å². The summed E-state index contributed by atoms with van der Waals surface area (Å²) in [6, 6.07) is 1.79. The Hall–Kier alpha value is -1.65. The number of carbonyl (C=O) groups is 2. The lowest BCUT2D eigenvalue weighted by Crippen LogP contribution is -2.60. The van der Waals surface area contributed by atoms with Crippen LogP contribution in [0.2, 0.25) is 0 Å². The molecule has 0 aliphatic carbocycles. The van der Waals surface area contributed by atoms with Crippen molar-refractivity contribution in [2.75, 3.05) is 33.2 Å². The van der Waals surface area contributed by atoms with Crippen molar-refractivity contribution in [2.24, 2.45) is 5.92 Å². The summed E-state index contributed by atoms with van der Waals surface area (Å²) in [6.07, 6.45) is 0. The van der Waals surface area contributed by atoms with Gasteiger partial charge in [-0.1, -0.05) is 13.8 Å². The van der Waals surface area contributed by atoms with Gasteiger partial charge < -0.3 is 16.0 Å². The monoisotopic (exact) mass is 295 g/mol. The van der Waals surface area contributed by atoms with Crippen molar-refractivity contribution in [3.05, 3.63) is 0 Å². The normalized spacial score (nSPS) is 22.2. The lowest BCUT2D eigenvalue weighted by Gasteiger charge is -2.35. The summed E-state index contributed by atoms with van der Waals surface area (Å²) < 4.78 is 0. The summed E-state index contributed by atoms with van der Waals surface area (Å²) in [5.41, 5.74) is -0.895. The number of likely N-dealkylation sites (N-methyl/N-ethyl adjacent to an activating group) is 1. The summed E-state index contributed by atoms with van der Waals surface area (Å²) in [5.74, 6) is -0.338. The molecule has 118 valence electrons. The lowest BCUT2D eigenvalue weighted by molar-refractivity contribution is -0.129. The fourth-order valence-corrected chi connectivity index (χ4v) is 2.18. The summed E-state index contributed by atoms with van der Waals surface area (Å²) in [7, 11) is 1.58. The largest absolute Gasteiger partial charge is 0.358 e. The molecule has 0 spiro atoms. The van der Waals surface area contributed by atoms with E-state index >= 15 is 0 Å². The minimum Gasteiger partial charge on any atom is -0.358 e. The number of nitriles is 1. The van der Waals surface area contributed by atoms with Crippen molar-refractivity contribution >= 4 is 11.8 Å². The van der Waals surface area contributed by atoms with Crippen molar-refractivity contribution in [3.63, 3.8) is 0 Å². The van der Waals surface area contributed by atoms with Crippen LogP contribution in [0.3, 0.4) is 0 Å². The van der Waals surface area contributed by atoms with Gasteiger partial charge in [-0.05, 0) is 12.8 Å². The molecule has 0 aromatic heterocycles. The quantitative estimate of drug-likeness (QED) is 0.608. The maximum Gasteiger partial charge on any atom is 0.238 e. The number of amides is 2. The average Bonchev–Trinajstić information content (AvgIpc) is 2.46. The Morgan fingerprint density at radius 2 is 2.19 bits per heavy atom. The van der Waals surface area contributed by atoms with Crippen molar-refractivity contribution in [1.82, 2.24) is 20.9 Å². The van der Waals surface area contributed by atoms with E-state index in [2.05, 4.69) is 22.0 Å². The molecule has 1 aliphatic heterocycles. The first-order valence-corrected chi connectivity index (χ1v) is 7.22. The third-order valence-corrected chi connectivity index (χ3v) is 4.04. The number of piperazine rings is 1. The van der Waals surface area contributed by atoms with Crippen LogP contribution in [0.5, 0.6) is 0 Å². The van der Waals surface area contributed by atoms with Gasteiger partial charge in [0.05, 0.1) is 12.6 Å². The van der Waals surface area contributed by atoms with Crippen molar-refractivity contribution in [2.45, 2.75) is 32.4 Å². The minimum absolute atomic E-state index is 0.00390. The van der Waals surface area contributed by atoms with E-state index in [1.54, 1.807) is 14.0 Å². The molecule has 1 saturated heterocycles. The zero-order chi connectivity index (χ0) is 16.0. The standard InChI is InChI=1S/C14H25N5O2/c1-10(2)14(3,9-15)18-12(20)8-19-6-5-17-7-11(19)13(21)16-4/h10-11,17H,5-8H2,1-4H3,(H,16,21)(H,18,20). The van der Waals surface area contributed by atoms with Gasteiger partial charge in [-0.25, -0.2) is 0 Å². The molecule has 7 nitrogen and oxygen atoms in total. The molecule has 0 saturated carbocycles. The zero-order valence-electron chi connectivity index (χ0n) is 13.2. The maximum atomic E-state index is 12.2. The predicted octanol–water partition coefficient (Wildman–Crippen LogP) is -0.939. The van der Waals surface area contributed by atoms with Crippen LogP contribution in [0.15, 0.2) is 0 Å². The molecule has 2 unspecified atom stereocenters. The van der Waals surface area contributed by atoms with Gasteiger partial charge in [-0.3, -0.25) is 14.5 Å². The van der Waals surface area contributed by atoms with Crippen molar-refractivity contribution in [3.8, 4) is 6.07 Å². The van der Waals surface area contributed by atoms with Crippen molar-refractivity contribution < 1.29 is 9.59 Å². The van der Waals surface area contributed by atoms with E-state index in [-0.39, 0.29) is 30.3 Å². The van der Waals surface area contributed by atoms with Gasteiger partial charge in [0, 0.05) is 26.7 Å². The summed E-state index contributed by atoms with van der Waals surface area (Å²) in [5, 5.41) is 17.8. The molecule has 1 heterocycles. The summed E-state index contributed by atoms with van der Waals surface area (Å²) >= 11 is 0. The highest BCUT2D eigenvalue weighted by Crippen LogP contribution is 2.15. The summed E-state index contributed by atoms with van der Waals surface area (Å²) in [6.45, 7) is 7.49. The topological polar surface area (TPSA) is 97.3 Å². The number of carbonyl (C=O) groups excluding carboxylic acids is 2. The van der Waals surface area contributed by atoms with Crippen molar-refractivity contribution in [1.29, 1.82) is 5.26 Å². The molecule has 0 radical (unpaired) electrons. The van der Waals surface area contributed by atoms with E-state index in [0.29, 0.717) is 13.1 Å². The molecule has 0 aromatic rings. The first kappa shape index (κ1) is 17.4. The van der Waals surface area contributed by atoms with E-state index in [0.717, 1.165) is 6.54 Å². The van der Waals surface area contributed by atoms with Crippen LogP contribution in [0.25, 0.3) is 0 Å². The zero-order valence-corrected chi connectivity index (χ0v) is 13.2. The summed E-state index contributed by atoms with van der Waals surface area (Å²) in [4.78, 5) is 25.9. The number of hydrogen-bond donors (Lipinski definition) is 3. The Kier molecular flexibility index (Phi) is 6.12. The van der Waals surface area contributed by atoms with Crippen LogP contribution in [0.1, 0.15) is 20.8 Å². The van der Waals surface area contributed by atoms with Gasteiger partial charge in [-0.15, -0.1) is 0 Å². The van der Waals surface area contributed by atoms with Gasteiger partial charge in [0.15, 0.2) is 0 Å². The third-order valence-electron chi connectivity index (χ3n) is 4.04. The van der Waals surface area contributed by atoms with Crippen LogP contribution in [0, 0.1) is 17.2 Å². The second-order valence-corrected chi connectivity index (χ2v) is 5.82. The first-order valence-electron chi connectivity index (χ1n) is 7.22. The fraction of sp³-hybridized carbons (Fsp3) is 0.786. The maximum absolute atomic E-state index is 12.2. The van der Waals surface area contributed by atoms with E-state index in [1.807, 2.05) is 18.7 Å². The Balaban J connectivity index is 2.68. The van der Waals surface area contributed by atoms with Crippen LogP contribution in [0.4, 0.5) is 0 Å². The Morgan fingerprint density at radius 1 is 1.52 bits per heavy atom. The number of nitrogens with one attached hydrogen (secondary N) is 3. The van der Waals surface area contributed by atoms with Gasteiger partial charge in [0.2, 0.25) is 11.8 Å². The minimum atomic E-state index is -0.895. The molecule has 0 bridgehead atoms. The lowest BCUT2D eigenvalue weighted by atomic mass is 9.90. The van der Waals surface area contributed by atoms with Gasteiger partial charge >= 0.3 is 0 Å². The van der Waals surface area contributed by atoms with E-state index < -0.39 is 5.54 Å².